The number of benzene rings is 2. The zero-order valence-corrected chi connectivity index (χ0v) is 17.0. The molecule has 3 aromatic rings. The van der Waals surface area contributed by atoms with Crippen LogP contribution in [0.1, 0.15) is 22.3 Å². The van der Waals surface area contributed by atoms with Crippen molar-refractivity contribution < 1.29 is 9.59 Å². The molecular formula is C22H18ClN3O2S. The van der Waals surface area contributed by atoms with Gasteiger partial charge in [-0.25, -0.2) is 4.98 Å². The maximum atomic E-state index is 13.2. The van der Waals surface area contributed by atoms with Gasteiger partial charge in [-0.15, -0.1) is 0 Å². The molecule has 0 saturated carbocycles. The number of aromatic nitrogens is 1. The Morgan fingerprint density at radius 3 is 2.83 bits per heavy atom. The van der Waals surface area contributed by atoms with Gasteiger partial charge in [-0.3, -0.25) is 9.59 Å². The first kappa shape index (κ1) is 19.5. The predicted octanol–water partition coefficient (Wildman–Crippen LogP) is 4.55. The van der Waals surface area contributed by atoms with Gasteiger partial charge in [-0.1, -0.05) is 47.6 Å². The number of carbonyl (C=O) groups excluding carboxylic acids is 2. The molecule has 1 N–H and O–H groups in total. The maximum Gasteiger partial charge on any atom is 0.259 e. The van der Waals surface area contributed by atoms with E-state index in [-0.39, 0.29) is 24.8 Å². The molecule has 2 aromatic carbocycles. The maximum absolute atomic E-state index is 13.2. The molecule has 7 heteroatoms. The Hall–Kier alpha value is -2.83. The minimum Gasteiger partial charge on any atom is -0.352 e. The number of nitrogens with zero attached hydrogens (tertiary/aromatic N) is 2. The van der Waals surface area contributed by atoms with Crippen LogP contribution in [-0.2, 0) is 11.3 Å². The summed E-state index contributed by atoms with van der Waals surface area (Å²) in [4.78, 5) is 32.5. The van der Waals surface area contributed by atoms with Crippen molar-refractivity contribution in [2.24, 2.45) is 0 Å². The van der Waals surface area contributed by atoms with Crippen LogP contribution in [0.15, 0.2) is 76.8 Å². The fourth-order valence-electron chi connectivity index (χ4n) is 3.13. The van der Waals surface area contributed by atoms with Gasteiger partial charge in [-0.05, 0) is 42.0 Å². The highest BCUT2D eigenvalue weighted by molar-refractivity contribution is 7.99. The summed E-state index contributed by atoms with van der Waals surface area (Å²) in [7, 11) is 0. The summed E-state index contributed by atoms with van der Waals surface area (Å²) in [6.45, 7) is 0.665. The minimum absolute atomic E-state index is 0.123. The second kappa shape index (κ2) is 8.68. The zero-order chi connectivity index (χ0) is 20.2. The van der Waals surface area contributed by atoms with E-state index in [1.54, 1.807) is 23.2 Å². The summed E-state index contributed by atoms with van der Waals surface area (Å²) in [5, 5.41) is 4.27. The number of hydrogen-bond acceptors (Lipinski definition) is 4. The molecule has 146 valence electrons. The Balaban J connectivity index is 1.48. The summed E-state index contributed by atoms with van der Waals surface area (Å²) < 4.78 is 0. The summed E-state index contributed by atoms with van der Waals surface area (Å²) in [6, 6.07) is 18.5. The number of nitrogens with one attached hydrogen (secondary N) is 1. The Morgan fingerprint density at radius 1 is 1.10 bits per heavy atom. The number of fused-ring (bicyclic) bond motifs is 2. The second-order valence-corrected chi connectivity index (χ2v) is 8.01. The van der Waals surface area contributed by atoms with Crippen LogP contribution in [-0.4, -0.2) is 23.3 Å². The predicted molar refractivity (Wildman–Crippen MR) is 114 cm³/mol. The molecule has 5 nitrogen and oxygen atoms in total. The van der Waals surface area contributed by atoms with Crippen LogP contribution in [0.5, 0.6) is 0 Å². The van der Waals surface area contributed by atoms with Gasteiger partial charge >= 0.3 is 0 Å². The van der Waals surface area contributed by atoms with Crippen LogP contribution < -0.4 is 10.2 Å². The van der Waals surface area contributed by atoms with Gasteiger partial charge in [0.2, 0.25) is 5.91 Å². The van der Waals surface area contributed by atoms with E-state index < -0.39 is 0 Å². The highest BCUT2D eigenvalue weighted by Crippen LogP contribution is 2.39. The van der Waals surface area contributed by atoms with E-state index in [1.165, 1.54) is 11.8 Å². The van der Waals surface area contributed by atoms with E-state index in [4.69, 9.17) is 11.6 Å². The van der Waals surface area contributed by atoms with Crippen LogP contribution in [0.2, 0.25) is 5.02 Å². The van der Waals surface area contributed by atoms with Gasteiger partial charge in [0.05, 0.1) is 11.3 Å². The van der Waals surface area contributed by atoms with Gasteiger partial charge in [0, 0.05) is 35.6 Å². The SMILES string of the molecule is O=C(CCN1C(=O)c2ccccc2Sc2ncccc21)NCc1cccc(Cl)c1. The lowest BCUT2D eigenvalue weighted by Gasteiger charge is -2.22. The quantitative estimate of drug-likeness (QED) is 0.653. The Bertz CT molecular complexity index is 1070. The van der Waals surface area contributed by atoms with E-state index in [1.807, 2.05) is 48.5 Å². The van der Waals surface area contributed by atoms with Gasteiger partial charge in [0.15, 0.2) is 0 Å². The minimum atomic E-state index is -0.131. The average Bonchev–Trinajstić information content (AvgIpc) is 2.85. The van der Waals surface area contributed by atoms with E-state index >= 15 is 0 Å². The number of anilines is 1. The third-order valence-corrected chi connectivity index (χ3v) is 5.87. The van der Waals surface area contributed by atoms with Crippen LogP contribution in [0.3, 0.4) is 0 Å². The average molecular weight is 424 g/mol. The molecule has 2 heterocycles. The molecule has 0 aliphatic carbocycles. The zero-order valence-electron chi connectivity index (χ0n) is 15.5. The largest absolute Gasteiger partial charge is 0.352 e. The van der Waals surface area contributed by atoms with Gasteiger partial charge in [0.1, 0.15) is 5.03 Å². The molecule has 0 atom stereocenters. The first-order valence-corrected chi connectivity index (χ1v) is 10.4. The van der Waals surface area contributed by atoms with Crippen molar-refractivity contribution in [1.82, 2.24) is 10.3 Å². The molecular weight excluding hydrogens is 406 g/mol. The van der Waals surface area contributed by atoms with E-state index in [0.29, 0.717) is 17.1 Å². The normalized spacial score (nSPS) is 12.7. The Morgan fingerprint density at radius 2 is 1.97 bits per heavy atom. The lowest BCUT2D eigenvalue weighted by molar-refractivity contribution is -0.121. The Labute approximate surface area is 178 Å². The monoisotopic (exact) mass is 423 g/mol. The number of rotatable bonds is 5. The molecule has 0 saturated heterocycles. The van der Waals surface area contributed by atoms with Crippen molar-refractivity contribution in [3.8, 4) is 0 Å². The highest BCUT2D eigenvalue weighted by atomic mass is 35.5. The third-order valence-electron chi connectivity index (χ3n) is 4.55. The van der Waals surface area contributed by atoms with Crippen molar-refractivity contribution >= 4 is 40.9 Å². The van der Waals surface area contributed by atoms with Crippen LogP contribution >= 0.6 is 23.4 Å². The third kappa shape index (κ3) is 4.44. The van der Waals surface area contributed by atoms with Gasteiger partial charge < -0.3 is 10.2 Å². The van der Waals surface area contributed by atoms with Crippen molar-refractivity contribution in [2.45, 2.75) is 22.9 Å². The molecule has 4 rings (SSSR count). The summed E-state index contributed by atoms with van der Waals surface area (Å²) >= 11 is 7.45. The van der Waals surface area contributed by atoms with Crippen LogP contribution in [0.4, 0.5) is 5.69 Å². The van der Waals surface area contributed by atoms with Crippen molar-refractivity contribution in [3.63, 3.8) is 0 Å². The van der Waals surface area contributed by atoms with Gasteiger partial charge in [0.25, 0.3) is 5.91 Å². The topological polar surface area (TPSA) is 62.3 Å². The first-order valence-electron chi connectivity index (χ1n) is 9.17. The number of halogens is 1. The van der Waals surface area contributed by atoms with Crippen molar-refractivity contribution in [3.05, 3.63) is 83.0 Å². The summed E-state index contributed by atoms with van der Waals surface area (Å²) in [5.41, 5.74) is 2.27. The van der Waals surface area contributed by atoms with E-state index in [9.17, 15) is 9.59 Å². The molecule has 1 aliphatic rings. The molecule has 0 bridgehead atoms. The fraction of sp³-hybridized carbons (Fsp3) is 0.136. The van der Waals surface area contributed by atoms with Crippen molar-refractivity contribution in [1.29, 1.82) is 0 Å². The molecule has 0 unspecified atom stereocenters. The lowest BCUT2D eigenvalue weighted by Crippen LogP contribution is -2.35. The molecule has 1 aromatic heterocycles. The molecule has 0 radical (unpaired) electrons. The Kier molecular flexibility index (Phi) is 5.83. The second-order valence-electron chi connectivity index (χ2n) is 6.54. The smallest absolute Gasteiger partial charge is 0.259 e. The lowest BCUT2D eigenvalue weighted by atomic mass is 10.1. The number of amides is 2. The molecule has 1 aliphatic heterocycles. The molecule has 29 heavy (non-hydrogen) atoms. The fourth-order valence-corrected chi connectivity index (χ4v) is 4.36. The molecule has 0 fully saturated rings. The number of pyridine rings is 1. The van der Waals surface area contributed by atoms with Crippen LogP contribution in [0, 0.1) is 0 Å². The highest BCUT2D eigenvalue weighted by Gasteiger charge is 2.27. The molecule has 2 amide bonds. The summed E-state index contributed by atoms with van der Waals surface area (Å²) in [6.07, 6.45) is 1.90. The van der Waals surface area contributed by atoms with E-state index in [2.05, 4.69) is 10.3 Å². The van der Waals surface area contributed by atoms with Crippen molar-refractivity contribution in [2.75, 3.05) is 11.4 Å². The van der Waals surface area contributed by atoms with E-state index in [0.717, 1.165) is 21.2 Å². The first-order chi connectivity index (χ1) is 14.1. The molecule has 0 spiro atoms. The van der Waals surface area contributed by atoms with Crippen LogP contribution in [0.25, 0.3) is 0 Å². The summed E-state index contributed by atoms with van der Waals surface area (Å²) in [5.74, 6) is -0.254. The number of hydrogen-bond donors (Lipinski definition) is 1. The standard InChI is InChI=1S/C22H18ClN3O2S/c23-16-6-3-5-15(13-16)14-25-20(27)10-12-26-18-8-4-11-24-21(18)29-19-9-2-1-7-17(19)22(26)28/h1-9,11,13H,10,12,14H2,(H,25,27). The van der Waals surface area contributed by atoms with Gasteiger partial charge in [-0.2, -0.15) is 0 Å². The number of carbonyl (C=O) groups is 2.